The van der Waals surface area contributed by atoms with Crippen LogP contribution in [-0.2, 0) is 4.79 Å². The molecule has 4 nitrogen and oxygen atoms in total. The molecule has 1 aromatic rings. The summed E-state index contributed by atoms with van der Waals surface area (Å²) in [6, 6.07) is 7.92. The monoisotopic (exact) mass is 276 g/mol. The first-order chi connectivity index (χ1) is 9.61. The molecule has 4 heteroatoms. The van der Waals surface area contributed by atoms with Gasteiger partial charge in [-0.2, -0.15) is 0 Å². The second-order valence-electron chi connectivity index (χ2n) is 5.44. The van der Waals surface area contributed by atoms with Gasteiger partial charge in [-0.25, -0.2) is 0 Å². The van der Waals surface area contributed by atoms with Crippen LogP contribution in [0.3, 0.4) is 0 Å². The predicted molar refractivity (Wildman–Crippen MR) is 79.7 cm³/mol. The molecular weight excluding hydrogens is 252 g/mol. The minimum absolute atomic E-state index is 0.0219. The number of benzene rings is 1. The van der Waals surface area contributed by atoms with Crippen molar-refractivity contribution in [2.45, 2.75) is 26.8 Å². The third kappa shape index (κ3) is 3.51. The van der Waals surface area contributed by atoms with E-state index in [0.29, 0.717) is 12.5 Å². The zero-order valence-corrected chi connectivity index (χ0v) is 12.5. The molecule has 0 bridgehead atoms. The van der Waals surface area contributed by atoms with Crippen molar-refractivity contribution in [2.75, 3.05) is 19.7 Å². The van der Waals surface area contributed by atoms with Crippen LogP contribution in [0, 0.1) is 11.8 Å². The van der Waals surface area contributed by atoms with Crippen LogP contribution in [0.4, 0.5) is 0 Å². The second kappa shape index (κ2) is 6.75. The highest BCUT2D eigenvalue weighted by Gasteiger charge is 2.29. The van der Waals surface area contributed by atoms with Gasteiger partial charge in [0.2, 0.25) is 5.91 Å². The molecule has 1 amide bonds. The van der Waals surface area contributed by atoms with E-state index in [1.165, 1.54) is 0 Å². The van der Waals surface area contributed by atoms with Crippen LogP contribution < -0.4 is 15.4 Å². The smallest absolute Gasteiger partial charge is 0.223 e. The van der Waals surface area contributed by atoms with Gasteiger partial charge in [-0.15, -0.1) is 0 Å². The molecular formula is C16H24N2O2. The van der Waals surface area contributed by atoms with E-state index in [4.69, 9.17) is 4.74 Å². The summed E-state index contributed by atoms with van der Waals surface area (Å²) in [5.74, 6) is 1.55. The van der Waals surface area contributed by atoms with Crippen LogP contribution in [0.1, 0.15) is 32.4 Å². The summed E-state index contributed by atoms with van der Waals surface area (Å²) < 4.78 is 5.42. The summed E-state index contributed by atoms with van der Waals surface area (Å²) in [5, 5.41) is 6.30. The van der Waals surface area contributed by atoms with Gasteiger partial charge in [0, 0.05) is 5.92 Å². The quantitative estimate of drug-likeness (QED) is 0.837. The molecule has 1 heterocycles. The Labute approximate surface area is 120 Å². The van der Waals surface area contributed by atoms with Crippen molar-refractivity contribution in [1.29, 1.82) is 0 Å². The van der Waals surface area contributed by atoms with E-state index in [0.717, 1.165) is 24.4 Å². The highest BCUT2D eigenvalue weighted by atomic mass is 16.5. The van der Waals surface area contributed by atoms with Crippen molar-refractivity contribution in [1.82, 2.24) is 10.6 Å². The third-order valence-electron chi connectivity index (χ3n) is 3.98. The summed E-state index contributed by atoms with van der Waals surface area (Å²) in [6.45, 7) is 8.55. The standard InChI is InChI=1S/C16H24N2O2/c1-4-20-15-7-5-13(6-8-15)12(3)18-16(19)11(2)14-9-17-10-14/h5-8,11-12,14,17H,4,9-10H2,1-3H3,(H,18,19). The molecule has 0 aromatic heterocycles. The first kappa shape index (κ1) is 14.9. The summed E-state index contributed by atoms with van der Waals surface area (Å²) in [6.07, 6.45) is 0. The predicted octanol–water partition coefficient (Wildman–Crippen LogP) is 2.12. The lowest BCUT2D eigenvalue weighted by Crippen LogP contribution is -2.49. The number of hydrogen-bond acceptors (Lipinski definition) is 3. The lowest BCUT2D eigenvalue weighted by Gasteiger charge is -2.32. The van der Waals surface area contributed by atoms with Gasteiger partial charge in [0.15, 0.2) is 0 Å². The SMILES string of the molecule is CCOc1ccc(C(C)NC(=O)C(C)C2CNC2)cc1. The molecule has 1 aromatic carbocycles. The van der Waals surface area contributed by atoms with Crippen molar-refractivity contribution in [3.8, 4) is 5.75 Å². The van der Waals surface area contributed by atoms with Crippen molar-refractivity contribution in [2.24, 2.45) is 11.8 Å². The largest absolute Gasteiger partial charge is 0.494 e. The average Bonchev–Trinajstić information content (AvgIpc) is 2.37. The second-order valence-corrected chi connectivity index (χ2v) is 5.44. The number of amides is 1. The number of rotatable bonds is 6. The van der Waals surface area contributed by atoms with Crippen LogP contribution in [-0.4, -0.2) is 25.6 Å². The van der Waals surface area contributed by atoms with E-state index < -0.39 is 0 Å². The number of hydrogen-bond donors (Lipinski definition) is 2. The minimum Gasteiger partial charge on any atom is -0.494 e. The zero-order valence-electron chi connectivity index (χ0n) is 12.5. The fourth-order valence-electron chi connectivity index (χ4n) is 2.33. The molecule has 20 heavy (non-hydrogen) atoms. The lowest BCUT2D eigenvalue weighted by molar-refractivity contribution is -0.127. The average molecular weight is 276 g/mol. The topological polar surface area (TPSA) is 50.4 Å². The Balaban J connectivity index is 1.89. The Morgan fingerprint density at radius 1 is 1.35 bits per heavy atom. The van der Waals surface area contributed by atoms with Gasteiger partial charge in [0.25, 0.3) is 0 Å². The highest BCUT2D eigenvalue weighted by molar-refractivity contribution is 5.79. The molecule has 1 aliphatic rings. The maximum absolute atomic E-state index is 12.2. The van der Waals surface area contributed by atoms with Crippen molar-refractivity contribution >= 4 is 5.91 Å². The third-order valence-corrected chi connectivity index (χ3v) is 3.98. The molecule has 1 saturated heterocycles. The van der Waals surface area contributed by atoms with Crippen LogP contribution in [0.5, 0.6) is 5.75 Å². The van der Waals surface area contributed by atoms with Crippen LogP contribution >= 0.6 is 0 Å². The molecule has 2 atom stereocenters. The van der Waals surface area contributed by atoms with E-state index >= 15 is 0 Å². The van der Waals surface area contributed by atoms with Crippen molar-refractivity contribution in [3.05, 3.63) is 29.8 Å². The molecule has 1 fully saturated rings. The number of carbonyl (C=O) groups is 1. The molecule has 0 radical (unpaired) electrons. The van der Waals surface area contributed by atoms with Gasteiger partial charge in [0.1, 0.15) is 5.75 Å². The molecule has 0 aliphatic carbocycles. The Morgan fingerprint density at radius 2 is 2.00 bits per heavy atom. The maximum atomic E-state index is 12.2. The van der Waals surface area contributed by atoms with Crippen molar-refractivity contribution in [3.63, 3.8) is 0 Å². The molecule has 0 spiro atoms. The summed E-state index contributed by atoms with van der Waals surface area (Å²) in [4.78, 5) is 12.2. The van der Waals surface area contributed by atoms with E-state index in [-0.39, 0.29) is 17.9 Å². The van der Waals surface area contributed by atoms with Gasteiger partial charge < -0.3 is 15.4 Å². The van der Waals surface area contributed by atoms with E-state index in [2.05, 4.69) is 10.6 Å². The first-order valence-corrected chi connectivity index (χ1v) is 7.35. The number of ether oxygens (including phenoxy) is 1. The van der Waals surface area contributed by atoms with Gasteiger partial charge in [-0.3, -0.25) is 4.79 Å². The van der Waals surface area contributed by atoms with Crippen LogP contribution in [0.15, 0.2) is 24.3 Å². The van der Waals surface area contributed by atoms with E-state index in [1.54, 1.807) is 0 Å². The van der Waals surface area contributed by atoms with Crippen molar-refractivity contribution < 1.29 is 9.53 Å². The van der Waals surface area contributed by atoms with E-state index in [9.17, 15) is 4.79 Å². The van der Waals surface area contributed by atoms with Crippen LogP contribution in [0.2, 0.25) is 0 Å². The van der Waals surface area contributed by atoms with Gasteiger partial charge in [-0.05, 0) is 50.6 Å². The molecule has 110 valence electrons. The first-order valence-electron chi connectivity index (χ1n) is 7.35. The number of nitrogens with one attached hydrogen (secondary N) is 2. The Bertz CT molecular complexity index is 440. The molecule has 2 rings (SSSR count). The summed E-state index contributed by atoms with van der Waals surface area (Å²) in [5.41, 5.74) is 1.10. The molecule has 2 N–H and O–H groups in total. The lowest BCUT2D eigenvalue weighted by atomic mass is 9.88. The minimum atomic E-state index is 0.0219. The fraction of sp³-hybridized carbons (Fsp3) is 0.562. The van der Waals surface area contributed by atoms with Gasteiger partial charge in [-0.1, -0.05) is 19.1 Å². The van der Waals surface area contributed by atoms with Gasteiger partial charge in [0.05, 0.1) is 12.6 Å². The highest BCUT2D eigenvalue weighted by Crippen LogP contribution is 2.20. The van der Waals surface area contributed by atoms with Crippen LogP contribution in [0.25, 0.3) is 0 Å². The fourth-order valence-corrected chi connectivity index (χ4v) is 2.33. The Hall–Kier alpha value is -1.55. The molecule has 0 saturated carbocycles. The number of carbonyl (C=O) groups excluding carboxylic acids is 1. The summed E-state index contributed by atoms with van der Waals surface area (Å²) in [7, 11) is 0. The molecule has 1 aliphatic heterocycles. The summed E-state index contributed by atoms with van der Waals surface area (Å²) >= 11 is 0. The molecule has 2 unspecified atom stereocenters. The normalized spacial score (nSPS) is 17.9. The maximum Gasteiger partial charge on any atom is 0.223 e. The Kier molecular flexibility index (Phi) is 5.01. The van der Waals surface area contributed by atoms with E-state index in [1.807, 2.05) is 45.0 Å². The zero-order chi connectivity index (χ0) is 14.5. The Morgan fingerprint density at radius 3 is 2.50 bits per heavy atom. The van der Waals surface area contributed by atoms with Gasteiger partial charge >= 0.3 is 0 Å².